The van der Waals surface area contributed by atoms with Crippen LogP contribution in [0.5, 0.6) is 11.5 Å². The molecule has 1 aromatic rings. The predicted octanol–water partition coefficient (Wildman–Crippen LogP) is 2.30. The summed E-state index contributed by atoms with van der Waals surface area (Å²) in [5, 5.41) is 10.0. The third kappa shape index (κ3) is 3.39. The number of phenols is 1. The molecule has 1 fully saturated rings. The van der Waals surface area contributed by atoms with Gasteiger partial charge < -0.3 is 14.7 Å². The van der Waals surface area contributed by atoms with Crippen molar-refractivity contribution in [3.63, 3.8) is 0 Å². The third-order valence-corrected chi connectivity index (χ3v) is 3.29. The van der Waals surface area contributed by atoms with Gasteiger partial charge in [0.2, 0.25) is 0 Å². The number of para-hydroxylation sites is 1. The van der Waals surface area contributed by atoms with E-state index in [0.29, 0.717) is 5.69 Å². The highest BCUT2D eigenvalue weighted by molar-refractivity contribution is 5.64. The molecule has 1 N–H and O–H groups in total. The zero-order chi connectivity index (χ0) is 14.5. The van der Waals surface area contributed by atoms with E-state index in [1.54, 1.807) is 12.1 Å². The Morgan fingerprint density at radius 3 is 2.60 bits per heavy atom. The Kier molecular flexibility index (Phi) is 4.79. The molecule has 0 spiro atoms. The number of hydrogen-bond acceptors (Lipinski definition) is 4. The second kappa shape index (κ2) is 6.56. The highest BCUT2D eigenvalue weighted by Crippen LogP contribution is 2.37. The predicted molar refractivity (Wildman–Crippen MR) is 73.6 cm³/mol. The molecule has 0 aromatic heterocycles. The molecule has 0 unspecified atom stereocenters. The van der Waals surface area contributed by atoms with Crippen LogP contribution in [-0.2, 0) is 0 Å². The molecule has 1 aliphatic rings. The van der Waals surface area contributed by atoms with Gasteiger partial charge >= 0.3 is 6.61 Å². The van der Waals surface area contributed by atoms with E-state index in [4.69, 9.17) is 0 Å². The van der Waals surface area contributed by atoms with Crippen molar-refractivity contribution in [1.82, 2.24) is 4.90 Å². The van der Waals surface area contributed by atoms with Gasteiger partial charge in [-0.25, -0.2) is 0 Å². The summed E-state index contributed by atoms with van der Waals surface area (Å²) in [6.07, 6.45) is 1.85. The lowest BCUT2D eigenvalue weighted by Gasteiger charge is -2.35. The minimum Gasteiger partial charge on any atom is -0.503 e. The summed E-state index contributed by atoms with van der Waals surface area (Å²) in [4.78, 5) is 4.20. The zero-order valence-electron chi connectivity index (χ0n) is 11.1. The van der Waals surface area contributed by atoms with Gasteiger partial charge in [-0.1, -0.05) is 12.1 Å². The number of alkyl halides is 2. The molecule has 1 aliphatic heterocycles. The lowest BCUT2D eigenvalue weighted by Crippen LogP contribution is -2.46. The van der Waals surface area contributed by atoms with Crippen LogP contribution >= 0.6 is 0 Å². The molecular weight excluding hydrogens is 266 g/mol. The maximum absolute atomic E-state index is 12.2. The fourth-order valence-electron chi connectivity index (χ4n) is 2.31. The zero-order valence-corrected chi connectivity index (χ0v) is 11.1. The molecule has 1 heterocycles. The van der Waals surface area contributed by atoms with Crippen molar-refractivity contribution < 1.29 is 18.6 Å². The first kappa shape index (κ1) is 14.6. The van der Waals surface area contributed by atoms with Crippen LogP contribution in [0.1, 0.15) is 0 Å². The molecule has 2 rings (SSSR count). The lowest BCUT2D eigenvalue weighted by molar-refractivity contribution is -0.0512. The molecule has 0 radical (unpaired) electrons. The van der Waals surface area contributed by atoms with E-state index in [1.807, 2.05) is 11.0 Å². The quantitative estimate of drug-likeness (QED) is 0.842. The van der Waals surface area contributed by atoms with Crippen LogP contribution in [0.25, 0.3) is 0 Å². The first-order valence-electron chi connectivity index (χ1n) is 6.47. The van der Waals surface area contributed by atoms with Crippen molar-refractivity contribution in [2.75, 3.05) is 37.6 Å². The summed E-state index contributed by atoms with van der Waals surface area (Å²) in [5.74, 6) is -0.420. The van der Waals surface area contributed by atoms with Crippen LogP contribution in [0.4, 0.5) is 14.5 Å². The van der Waals surface area contributed by atoms with Crippen LogP contribution in [0.3, 0.4) is 0 Å². The minimum absolute atomic E-state index is 0.189. The molecule has 0 amide bonds. The van der Waals surface area contributed by atoms with Crippen LogP contribution in [0.15, 0.2) is 30.9 Å². The molecule has 0 saturated carbocycles. The molecular formula is C14H18F2N2O2. The number of benzene rings is 1. The summed E-state index contributed by atoms with van der Waals surface area (Å²) >= 11 is 0. The van der Waals surface area contributed by atoms with Gasteiger partial charge in [-0.15, -0.1) is 6.58 Å². The number of anilines is 1. The van der Waals surface area contributed by atoms with E-state index in [2.05, 4.69) is 16.2 Å². The molecule has 0 aliphatic carbocycles. The Hall–Kier alpha value is -1.82. The first-order chi connectivity index (χ1) is 9.61. The van der Waals surface area contributed by atoms with Crippen molar-refractivity contribution in [2.24, 2.45) is 0 Å². The van der Waals surface area contributed by atoms with Gasteiger partial charge in [0.1, 0.15) is 0 Å². The van der Waals surface area contributed by atoms with E-state index in [1.165, 1.54) is 6.07 Å². The monoisotopic (exact) mass is 284 g/mol. The van der Waals surface area contributed by atoms with Gasteiger partial charge in [-0.2, -0.15) is 8.78 Å². The van der Waals surface area contributed by atoms with E-state index in [-0.39, 0.29) is 11.5 Å². The van der Waals surface area contributed by atoms with Crippen LogP contribution in [0.2, 0.25) is 0 Å². The third-order valence-electron chi connectivity index (χ3n) is 3.29. The maximum Gasteiger partial charge on any atom is 0.387 e. The van der Waals surface area contributed by atoms with Crippen molar-refractivity contribution >= 4 is 5.69 Å². The highest BCUT2D eigenvalue weighted by atomic mass is 19.3. The normalized spacial score (nSPS) is 16.4. The maximum atomic E-state index is 12.2. The molecule has 1 saturated heterocycles. The van der Waals surface area contributed by atoms with Gasteiger partial charge in [0.05, 0.1) is 5.69 Å². The molecule has 0 atom stereocenters. The highest BCUT2D eigenvalue weighted by Gasteiger charge is 2.21. The Labute approximate surface area is 116 Å². The molecule has 110 valence electrons. The van der Waals surface area contributed by atoms with Gasteiger partial charge in [0, 0.05) is 32.7 Å². The number of hydrogen-bond donors (Lipinski definition) is 1. The summed E-state index contributed by atoms with van der Waals surface area (Å²) in [7, 11) is 0. The van der Waals surface area contributed by atoms with Crippen molar-refractivity contribution in [2.45, 2.75) is 6.61 Å². The largest absolute Gasteiger partial charge is 0.503 e. The molecule has 4 nitrogen and oxygen atoms in total. The van der Waals surface area contributed by atoms with Crippen molar-refractivity contribution in [3.8, 4) is 11.5 Å². The van der Waals surface area contributed by atoms with Crippen LogP contribution in [0, 0.1) is 0 Å². The lowest BCUT2D eigenvalue weighted by atomic mass is 10.2. The standard InChI is InChI=1S/C14H18F2N2O2/c1-2-6-17-7-9-18(10-8-17)11-4-3-5-12(13(11)19)20-14(15)16/h2-5,14,19H,1,6-10H2. The second-order valence-corrected chi connectivity index (χ2v) is 4.58. The van der Waals surface area contributed by atoms with E-state index in [0.717, 1.165) is 32.7 Å². The minimum atomic E-state index is -2.94. The Morgan fingerprint density at radius 2 is 2.00 bits per heavy atom. The van der Waals surface area contributed by atoms with Gasteiger partial charge in [0.25, 0.3) is 0 Å². The molecule has 6 heteroatoms. The SMILES string of the molecule is C=CCN1CCN(c2cccc(OC(F)F)c2O)CC1. The number of phenolic OH excluding ortho intramolecular Hbond substituents is 1. The average molecular weight is 284 g/mol. The second-order valence-electron chi connectivity index (χ2n) is 4.58. The smallest absolute Gasteiger partial charge is 0.387 e. The van der Waals surface area contributed by atoms with Crippen molar-refractivity contribution in [1.29, 1.82) is 0 Å². The van der Waals surface area contributed by atoms with Crippen molar-refractivity contribution in [3.05, 3.63) is 30.9 Å². The number of nitrogens with zero attached hydrogens (tertiary/aromatic N) is 2. The number of ether oxygens (including phenoxy) is 1. The van der Waals surface area contributed by atoms with Crippen LogP contribution in [-0.4, -0.2) is 49.3 Å². The average Bonchev–Trinajstić information content (AvgIpc) is 2.42. The van der Waals surface area contributed by atoms with E-state index in [9.17, 15) is 13.9 Å². The van der Waals surface area contributed by atoms with E-state index < -0.39 is 6.61 Å². The first-order valence-corrected chi connectivity index (χ1v) is 6.47. The Morgan fingerprint density at radius 1 is 1.30 bits per heavy atom. The fraction of sp³-hybridized carbons (Fsp3) is 0.429. The fourth-order valence-corrected chi connectivity index (χ4v) is 2.31. The van der Waals surface area contributed by atoms with Gasteiger partial charge in [-0.3, -0.25) is 4.90 Å². The number of rotatable bonds is 5. The summed E-state index contributed by atoms with van der Waals surface area (Å²) < 4.78 is 28.8. The molecule has 0 bridgehead atoms. The molecule has 1 aromatic carbocycles. The number of halogens is 2. The van der Waals surface area contributed by atoms with Gasteiger partial charge in [-0.05, 0) is 12.1 Å². The van der Waals surface area contributed by atoms with Gasteiger partial charge in [0.15, 0.2) is 11.5 Å². The number of aromatic hydroxyl groups is 1. The molecule has 20 heavy (non-hydrogen) atoms. The van der Waals surface area contributed by atoms with Crippen LogP contribution < -0.4 is 9.64 Å². The topological polar surface area (TPSA) is 35.9 Å². The summed E-state index contributed by atoms with van der Waals surface area (Å²) in [5.41, 5.74) is 0.529. The summed E-state index contributed by atoms with van der Waals surface area (Å²) in [6, 6.07) is 4.64. The Balaban J connectivity index is 2.08. The number of piperazine rings is 1. The summed E-state index contributed by atoms with van der Waals surface area (Å²) in [6.45, 7) is 4.71. The Bertz CT molecular complexity index is 460. The van der Waals surface area contributed by atoms with E-state index >= 15 is 0 Å².